The molecule has 0 radical (unpaired) electrons. The van der Waals surface area contributed by atoms with E-state index in [4.69, 9.17) is 11.6 Å². The number of hydrogen-bond donors (Lipinski definition) is 2. The number of nitrogens with one attached hydrogen (secondary N) is 2. The zero-order chi connectivity index (χ0) is 24.3. The van der Waals surface area contributed by atoms with Crippen LogP contribution in [0.15, 0.2) is 95.7 Å². The number of hydrazone groups is 1. The average Bonchev–Trinajstić information content (AvgIpc) is 2.85. The summed E-state index contributed by atoms with van der Waals surface area (Å²) in [7, 11) is 3.89. The summed E-state index contributed by atoms with van der Waals surface area (Å²) in [6.07, 6.45) is 6.47. The van der Waals surface area contributed by atoms with Gasteiger partial charge in [0.1, 0.15) is 5.70 Å². The molecule has 0 spiro atoms. The van der Waals surface area contributed by atoms with Crippen LogP contribution in [0.4, 0.5) is 5.69 Å². The van der Waals surface area contributed by atoms with E-state index in [2.05, 4.69) is 15.8 Å². The van der Waals surface area contributed by atoms with Gasteiger partial charge in [0.15, 0.2) is 0 Å². The molecule has 2 N–H and O–H groups in total. The predicted octanol–water partition coefficient (Wildman–Crippen LogP) is 4.99. The number of carbonyl (C=O) groups is 2. The third-order valence-electron chi connectivity index (χ3n) is 4.76. The minimum Gasteiger partial charge on any atom is -0.378 e. The first-order valence-corrected chi connectivity index (χ1v) is 10.9. The fourth-order valence-electron chi connectivity index (χ4n) is 2.93. The van der Waals surface area contributed by atoms with Gasteiger partial charge in [0.25, 0.3) is 11.8 Å². The lowest BCUT2D eigenvalue weighted by molar-refractivity contribution is -0.117. The van der Waals surface area contributed by atoms with Gasteiger partial charge in [-0.05, 0) is 53.6 Å². The largest absolute Gasteiger partial charge is 0.378 e. The normalized spacial score (nSPS) is 11.6. The Hall–Kier alpha value is -4.16. The van der Waals surface area contributed by atoms with Crippen molar-refractivity contribution < 1.29 is 9.59 Å². The van der Waals surface area contributed by atoms with Gasteiger partial charge in [-0.2, -0.15) is 5.10 Å². The lowest BCUT2D eigenvalue weighted by Crippen LogP contribution is -2.32. The van der Waals surface area contributed by atoms with E-state index in [0.717, 1.165) is 16.8 Å². The van der Waals surface area contributed by atoms with Crippen LogP contribution in [0.2, 0.25) is 5.02 Å². The van der Waals surface area contributed by atoms with Crippen molar-refractivity contribution in [3.63, 3.8) is 0 Å². The summed E-state index contributed by atoms with van der Waals surface area (Å²) in [6.45, 7) is 0. The molecular formula is C27H25ClN4O2. The highest BCUT2D eigenvalue weighted by atomic mass is 35.5. The van der Waals surface area contributed by atoms with Gasteiger partial charge in [0.05, 0.1) is 0 Å². The molecular weight excluding hydrogens is 448 g/mol. The molecule has 0 bridgehead atoms. The summed E-state index contributed by atoms with van der Waals surface area (Å²) in [6, 6.07) is 23.7. The Kier molecular flexibility index (Phi) is 8.77. The number of benzene rings is 3. The maximum atomic E-state index is 12.8. The van der Waals surface area contributed by atoms with Crippen LogP contribution < -0.4 is 15.6 Å². The maximum Gasteiger partial charge on any atom is 0.287 e. The van der Waals surface area contributed by atoms with E-state index in [0.29, 0.717) is 10.6 Å². The molecule has 3 aromatic rings. The summed E-state index contributed by atoms with van der Waals surface area (Å²) >= 11 is 6.12. The topological polar surface area (TPSA) is 73.8 Å². The van der Waals surface area contributed by atoms with Gasteiger partial charge in [-0.15, -0.1) is 0 Å². The van der Waals surface area contributed by atoms with E-state index in [9.17, 15) is 9.59 Å². The number of hydrogen-bond acceptors (Lipinski definition) is 4. The summed E-state index contributed by atoms with van der Waals surface area (Å²) in [5, 5.41) is 7.24. The first kappa shape index (κ1) is 24.5. The third kappa shape index (κ3) is 7.18. The minimum atomic E-state index is -0.552. The van der Waals surface area contributed by atoms with Crippen molar-refractivity contribution in [3.8, 4) is 0 Å². The van der Waals surface area contributed by atoms with E-state index < -0.39 is 11.8 Å². The average molecular weight is 473 g/mol. The Labute approximate surface area is 204 Å². The Balaban J connectivity index is 1.75. The van der Waals surface area contributed by atoms with E-state index in [1.54, 1.807) is 48.6 Å². The molecule has 0 aromatic heterocycles. The monoisotopic (exact) mass is 472 g/mol. The quantitative estimate of drug-likeness (QED) is 0.275. The second-order valence-electron chi connectivity index (χ2n) is 7.46. The third-order valence-corrected chi connectivity index (χ3v) is 5.10. The fraction of sp³-hybridized carbons (Fsp3) is 0.0741. The number of amides is 2. The number of anilines is 1. The molecule has 3 aromatic carbocycles. The van der Waals surface area contributed by atoms with Gasteiger partial charge in [-0.3, -0.25) is 9.59 Å². The van der Waals surface area contributed by atoms with Crippen LogP contribution in [0.5, 0.6) is 0 Å². The smallest absolute Gasteiger partial charge is 0.287 e. The molecule has 2 amide bonds. The van der Waals surface area contributed by atoms with Crippen LogP contribution in [-0.2, 0) is 4.79 Å². The zero-order valence-corrected chi connectivity index (χ0v) is 19.7. The van der Waals surface area contributed by atoms with Crippen molar-refractivity contribution in [1.29, 1.82) is 0 Å². The van der Waals surface area contributed by atoms with Crippen molar-refractivity contribution in [2.24, 2.45) is 5.10 Å². The summed E-state index contributed by atoms with van der Waals surface area (Å²) in [5.74, 6) is -0.946. The Morgan fingerprint density at radius 1 is 0.912 bits per heavy atom. The number of carbonyl (C=O) groups excluding carboxylic acids is 2. The molecule has 0 aliphatic rings. The van der Waals surface area contributed by atoms with E-state index >= 15 is 0 Å². The van der Waals surface area contributed by atoms with Gasteiger partial charge in [0.2, 0.25) is 0 Å². The fourth-order valence-corrected chi connectivity index (χ4v) is 3.13. The molecule has 0 atom stereocenters. The Bertz CT molecular complexity index is 1220. The second-order valence-corrected chi connectivity index (χ2v) is 7.87. The van der Waals surface area contributed by atoms with Gasteiger partial charge >= 0.3 is 0 Å². The molecule has 34 heavy (non-hydrogen) atoms. The molecule has 0 heterocycles. The van der Waals surface area contributed by atoms with Crippen LogP contribution in [0, 0.1) is 0 Å². The van der Waals surface area contributed by atoms with Crippen LogP contribution >= 0.6 is 11.6 Å². The lowest BCUT2D eigenvalue weighted by Gasteiger charge is -2.12. The number of nitrogens with zero attached hydrogens (tertiary/aromatic N) is 2. The molecule has 172 valence electrons. The highest BCUT2D eigenvalue weighted by Crippen LogP contribution is 2.16. The van der Waals surface area contributed by atoms with Crippen molar-refractivity contribution in [2.45, 2.75) is 0 Å². The van der Waals surface area contributed by atoms with E-state index in [1.165, 1.54) is 6.21 Å². The number of halogens is 1. The van der Waals surface area contributed by atoms with Crippen LogP contribution in [0.3, 0.4) is 0 Å². The van der Waals surface area contributed by atoms with Crippen LogP contribution in [0.25, 0.3) is 12.2 Å². The number of rotatable bonds is 8. The highest BCUT2D eigenvalue weighted by molar-refractivity contribution is 6.32. The minimum absolute atomic E-state index is 0.0682. The van der Waals surface area contributed by atoms with Crippen molar-refractivity contribution in [3.05, 3.63) is 112 Å². The predicted molar refractivity (Wildman–Crippen MR) is 140 cm³/mol. The van der Waals surface area contributed by atoms with Gasteiger partial charge < -0.3 is 10.2 Å². The summed E-state index contributed by atoms with van der Waals surface area (Å²) < 4.78 is 0. The Morgan fingerprint density at radius 3 is 2.26 bits per heavy atom. The standard InChI is InChI=1S/C27H25ClN4O2/c1-32(2)23-16-14-20(15-17-23)19-25(30-26(33)22-10-4-3-5-11-22)27(34)31-29-18-8-12-21-9-6-7-13-24(21)28/h3-19H,1-2H3,(H,30,33)(H,31,34). The lowest BCUT2D eigenvalue weighted by atomic mass is 10.1. The van der Waals surface area contributed by atoms with E-state index in [-0.39, 0.29) is 5.70 Å². The molecule has 3 rings (SSSR count). The molecule has 0 saturated carbocycles. The van der Waals surface area contributed by atoms with Crippen molar-refractivity contribution >= 4 is 47.5 Å². The summed E-state index contributed by atoms with van der Waals surface area (Å²) in [5.41, 5.74) is 5.56. The number of allylic oxidation sites excluding steroid dienone is 1. The van der Waals surface area contributed by atoms with Gasteiger partial charge in [-0.1, -0.05) is 66.2 Å². The molecule has 0 aliphatic heterocycles. The van der Waals surface area contributed by atoms with Crippen molar-refractivity contribution in [1.82, 2.24) is 10.7 Å². The summed E-state index contributed by atoms with van der Waals surface area (Å²) in [4.78, 5) is 27.4. The van der Waals surface area contributed by atoms with Crippen LogP contribution in [0.1, 0.15) is 21.5 Å². The zero-order valence-electron chi connectivity index (χ0n) is 18.9. The van der Waals surface area contributed by atoms with Crippen molar-refractivity contribution in [2.75, 3.05) is 19.0 Å². The van der Waals surface area contributed by atoms with E-state index in [1.807, 2.05) is 67.5 Å². The SMILES string of the molecule is CN(C)c1ccc(C=C(NC(=O)c2ccccc2)C(=O)NN=CC=Cc2ccccc2Cl)cc1. The first-order chi connectivity index (χ1) is 16.4. The maximum absolute atomic E-state index is 12.8. The van der Waals surface area contributed by atoms with Gasteiger partial charge in [-0.25, -0.2) is 5.43 Å². The first-order valence-electron chi connectivity index (χ1n) is 10.5. The molecule has 0 fully saturated rings. The highest BCUT2D eigenvalue weighted by Gasteiger charge is 2.14. The second kappa shape index (κ2) is 12.2. The molecule has 0 unspecified atom stereocenters. The molecule has 0 saturated heterocycles. The molecule has 7 heteroatoms. The van der Waals surface area contributed by atoms with Gasteiger partial charge in [0, 0.05) is 36.6 Å². The van der Waals surface area contributed by atoms with Crippen LogP contribution in [-0.4, -0.2) is 32.1 Å². The molecule has 6 nitrogen and oxygen atoms in total. The Morgan fingerprint density at radius 2 is 1.59 bits per heavy atom. The molecule has 0 aliphatic carbocycles.